The molecule has 0 aliphatic carbocycles. The second-order valence-corrected chi connectivity index (χ2v) is 4.52. The van der Waals surface area contributed by atoms with E-state index in [4.69, 9.17) is 20.8 Å². The quantitative estimate of drug-likeness (QED) is 0.848. The molecule has 2 rings (SSSR count). The standard InChI is InChI=1S/C15H15ClO2/c1-4-17-13-7-5-12(6-8-13)14-9-10(2)15(18-14)11(3)16/h5-9H,2,4H2,1,3H3/b15-11-. The summed E-state index contributed by atoms with van der Waals surface area (Å²) in [6.07, 6.45) is 0. The summed E-state index contributed by atoms with van der Waals surface area (Å²) in [5.41, 5.74) is 1.62. The predicted octanol–water partition coefficient (Wildman–Crippen LogP) is 3.12. The summed E-state index contributed by atoms with van der Waals surface area (Å²) >= 11 is 5.94. The average molecular weight is 263 g/mol. The van der Waals surface area contributed by atoms with Gasteiger partial charge in [0.15, 0.2) is 0 Å². The third kappa shape index (κ3) is 2.59. The smallest absolute Gasteiger partial charge is 0.148 e. The lowest BCUT2D eigenvalue weighted by molar-refractivity contribution is 0.340. The van der Waals surface area contributed by atoms with Gasteiger partial charge in [-0.15, -0.1) is 0 Å². The Kier molecular flexibility index (Phi) is 3.78. The summed E-state index contributed by atoms with van der Waals surface area (Å²) in [7, 11) is 0. The van der Waals surface area contributed by atoms with Crippen molar-refractivity contribution in [3.8, 4) is 17.1 Å². The van der Waals surface area contributed by atoms with Crippen molar-refractivity contribution in [3.63, 3.8) is 0 Å². The second kappa shape index (κ2) is 5.32. The highest BCUT2D eigenvalue weighted by Gasteiger charge is 2.04. The molecule has 2 aromatic rings. The minimum atomic E-state index is 0.609. The van der Waals surface area contributed by atoms with Crippen LogP contribution in [0.5, 0.6) is 5.75 Å². The number of halogens is 1. The molecule has 0 aliphatic rings. The Bertz CT molecular complexity index is 634. The molecule has 0 saturated carbocycles. The van der Waals surface area contributed by atoms with E-state index < -0.39 is 0 Å². The minimum absolute atomic E-state index is 0.609. The fourth-order valence-electron chi connectivity index (χ4n) is 1.74. The van der Waals surface area contributed by atoms with Crippen molar-refractivity contribution in [3.05, 3.63) is 41.0 Å². The Morgan fingerprint density at radius 1 is 1.33 bits per heavy atom. The maximum atomic E-state index is 5.94. The zero-order valence-electron chi connectivity index (χ0n) is 10.5. The van der Waals surface area contributed by atoms with E-state index in [1.807, 2.05) is 37.3 Å². The first-order valence-electron chi connectivity index (χ1n) is 5.80. The van der Waals surface area contributed by atoms with E-state index in [-0.39, 0.29) is 0 Å². The molecular formula is C15H15ClO2. The Balaban J connectivity index is 2.41. The lowest BCUT2D eigenvalue weighted by atomic mass is 10.1. The molecule has 94 valence electrons. The predicted molar refractivity (Wildman–Crippen MR) is 75.0 cm³/mol. The van der Waals surface area contributed by atoms with E-state index >= 15 is 0 Å². The fourth-order valence-corrected chi connectivity index (χ4v) is 1.90. The van der Waals surface area contributed by atoms with Gasteiger partial charge in [-0.05, 0) is 44.2 Å². The molecule has 0 aliphatic heterocycles. The highest BCUT2D eigenvalue weighted by molar-refractivity contribution is 6.44. The van der Waals surface area contributed by atoms with Crippen LogP contribution in [0, 0.1) is 0 Å². The van der Waals surface area contributed by atoms with E-state index in [0.29, 0.717) is 17.1 Å². The third-order valence-electron chi connectivity index (χ3n) is 2.57. The van der Waals surface area contributed by atoms with Gasteiger partial charge >= 0.3 is 0 Å². The first-order chi connectivity index (χ1) is 8.61. The minimum Gasteiger partial charge on any atom is -0.494 e. The molecule has 3 heteroatoms. The Morgan fingerprint density at radius 2 is 2.00 bits per heavy atom. The van der Waals surface area contributed by atoms with E-state index in [0.717, 1.165) is 22.3 Å². The lowest BCUT2D eigenvalue weighted by Gasteiger charge is -2.02. The van der Waals surface area contributed by atoms with Gasteiger partial charge in [0.2, 0.25) is 0 Å². The molecule has 2 nitrogen and oxygen atoms in total. The van der Waals surface area contributed by atoms with Crippen molar-refractivity contribution in [2.24, 2.45) is 0 Å². The van der Waals surface area contributed by atoms with Crippen molar-refractivity contribution in [2.75, 3.05) is 6.61 Å². The number of hydrogen-bond donors (Lipinski definition) is 0. The SMILES string of the molecule is C=c1cc(-c2ccc(OCC)cc2)o/c1=C(/C)Cl. The molecule has 0 amide bonds. The molecule has 0 fully saturated rings. The molecule has 1 aromatic carbocycles. The van der Waals surface area contributed by atoms with Gasteiger partial charge in [-0.25, -0.2) is 0 Å². The number of hydrogen-bond acceptors (Lipinski definition) is 2. The summed E-state index contributed by atoms with van der Waals surface area (Å²) in [4.78, 5) is 0. The molecule has 0 N–H and O–H groups in total. The molecule has 1 aromatic heterocycles. The lowest BCUT2D eigenvalue weighted by Crippen LogP contribution is -2.17. The van der Waals surface area contributed by atoms with Crippen molar-refractivity contribution >= 4 is 23.2 Å². The fraction of sp³-hybridized carbons (Fsp3) is 0.200. The number of benzene rings is 1. The highest BCUT2D eigenvalue weighted by Crippen LogP contribution is 2.20. The maximum Gasteiger partial charge on any atom is 0.148 e. The van der Waals surface area contributed by atoms with Crippen LogP contribution in [0.15, 0.2) is 34.7 Å². The molecule has 0 bridgehead atoms. The zero-order valence-corrected chi connectivity index (χ0v) is 11.3. The van der Waals surface area contributed by atoms with Gasteiger partial charge in [-0.1, -0.05) is 18.2 Å². The summed E-state index contributed by atoms with van der Waals surface area (Å²) in [6, 6.07) is 9.63. The molecule has 18 heavy (non-hydrogen) atoms. The van der Waals surface area contributed by atoms with Crippen LogP contribution in [-0.4, -0.2) is 6.61 Å². The van der Waals surface area contributed by atoms with E-state index in [1.54, 1.807) is 6.92 Å². The number of rotatable bonds is 3. The highest BCUT2D eigenvalue weighted by atomic mass is 35.5. The number of ether oxygens (including phenoxy) is 1. The molecular weight excluding hydrogens is 248 g/mol. The molecule has 1 heterocycles. The topological polar surface area (TPSA) is 22.4 Å². The van der Waals surface area contributed by atoms with Crippen LogP contribution in [0.2, 0.25) is 0 Å². The third-order valence-corrected chi connectivity index (χ3v) is 2.74. The van der Waals surface area contributed by atoms with E-state index in [9.17, 15) is 0 Å². The Hall–Kier alpha value is -1.67. The van der Waals surface area contributed by atoms with Crippen molar-refractivity contribution in [1.29, 1.82) is 0 Å². The van der Waals surface area contributed by atoms with Gasteiger partial charge in [0, 0.05) is 10.8 Å². The van der Waals surface area contributed by atoms with Crippen molar-refractivity contribution in [1.82, 2.24) is 0 Å². The zero-order chi connectivity index (χ0) is 13.1. The number of furan rings is 1. The Labute approximate surface area is 111 Å². The van der Waals surface area contributed by atoms with Gasteiger partial charge < -0.3 is 9.15 Å². The van der Waals surface area contributed by atoms with Gasteiger partial charge in [0.05, 0.1) is 11.6 Å². The van der Waals surface area contributed by atoms with Crippen LogP contribution in [0.1, 0.15) is 13.8 Å². The molecule has 0 radical (unpaired) electrons. The van der Waals surface area contributed by atoms with Crippen molar-refractivity contribution in [2.45, 2.75) is 13.8 Å². The van der Waals surface area contributed by atoms with Crippen LogP contribution in [0.4, 0.5) is 0 Å². The average Bonchev–Trinajstić information content (AvgIpc) is 2.73. The van der Waals surface area contributed by atoms with Gasteiger partial charge in [-0.3, -0.25) is 0 Å². The van der Waals surface area contributed by atoms with Gasteiger partial charge in [0.1, 0.15) is 16.9 Å². The first-order valence-corrected chi connectivity index (χ1v) is 6.18. The van der Waals surface area contributed by atoms with Crippen LogP contribution in [0.25, 0.3) is 22.9 Å². The first kappa shape index (κ1) is 12.8. The van der Waals surface area contributed by atoms with E-state index in [2.05, 4.69) is 6.58 Å². The van der Waals surface area contributed by atoms with E-state index in [1.165, 1.54) is 0 Å². The largest absolute Gasteiger partial charge is 0.494 e. The van der Waals surface area contributed by atoms with Crippen LogP contribution < -0.4 is 15.4 Å². The summed E-state index contributed by atoms with van der Waals surface area (Å²) in [5, 5.41) is 1.41. The van der Waals surface area contributed by atoms with Gasteiger partial charge in [-0.2, -0.15) is 0 Å². The van der Waals surface area contributed by atoms with Crippen LogP contribution in [0.3, 0.4) is 0 Å². The summed E-state index contributed by atoms with van der Waals surface area (Å²) < 4.78 is 11.1. The molecule has 0 atom stereocenters. The Morgan fingerprint density at radius 3 is 2.50 bits per heavy atom. The monoisotopic (exact) mass is 262 g/mol. The van der Waals surface area contributed by atoms with Crippen LogP contribution >= 0.6 is 11.6 Å². The summed E-state index contributed by atoms with van der Waals surface area (Å²) in [6.45, 7) is 8.32. The van der Waals surface area contributed by atoms with Crippen molar-refractivity contribution < 1.29 is 9.15 Å². The molecule has 0 spiro atoms. The summed E-state index contributed by atoms with van der Waals surface area (Å²) in [5.74, 6) is 1.61. The normalized spacial score (nSPS) is 12.4. The maximum absolute atomic E-state index is 5.94. The molecule has 0 unspecified atom stereocenters. The van der Waals surface area contributed by atoms with Gasteiger partial charge in [0.25, 0.3) is 0 Å². The molecule has 0 saturated heterocycles. The second-order valence-electron chi connectivity index (χ2n) is 3.96. The van der Waals surface area contributed by atoms with Crippen LogP contribution in [-0.2, 0) is 0 Å².